The summed E-state index contributed by atoms with van der Waals surface area (Å²) in [6.07, 6.45) is 3.30. The van der Waals surface area contributed by atoms with Crippen LogP contribution in [0.5, 0.6) is 0 Å². The van der Waals surface area contributed by atoms with Gasteiger partial charge in [0.15, 0.2) is 0 Å². The quantitative estimate of drug-likeness (QED) is 0.544. The fourth-order valence-corrected chi connectivity index (χ4v) is 0.786. The Balaban J connectivity index is 4.14. The van der Waals surface area contributed by atoms with Gasteiger partial charge < -0.3 is 5.32 Å². The van der Waals surface area contributed by atoms with Gasteiger partial charge in [0.25, 0.3) is 0 Å². The van der Waals surface area contributed by atoms with E-state index >= 15 is 0 Å². The maximum atomic E-state index is 11.3. The fraction of sp³-hybridized carbons (Fsp3) is 0.583. The van der Waals surface area contributed by atoms with E-state index < -0.39 is 0 Å². The summed E-state index contributed by atoms with van der Waals surface area (Å²) in [4.78, 5) is 11.3. The molecule has 0 spiro atoms. The first-order chi connectivity index (χ1) is 6.22. The van der Waals surface area contributed by atoms with Crippen LogP contribution in [0.4, 0.5) is 0 Å². The predicted molar refractivity (Wildman–Crippen MR) is 61.0 cm³/mol. The van der Waals surface area contributed by atoms with E-state index in [9.17, 15) is 4.79 Å². The van der Waals surface area contributed by atoms with Crippen LogP contribution < -0.4 is 5.32 Å². The molecule has 80 valence electrons. The molecule has 0 radical (unpaired) electrons. The van der Waals surface area contributed by atoms with Crippen LogP contribution >= 0.6 is 0 Å². The van der Waals surface area contributed by atoms with Crippen LogP contribution in [0.1, 0.15) is 34.6 Å². The monoisotopic (exact) mass is 195 g/mol. The second kappa shape index (κ2) is 4.99. The maximum Gasteiger partial charge on any atom is 0.244 e. The Hall–Kier alpha value is -1.05. The average Bonchev–Trinajstić information content (AvgIpc) is 1.96. The van der Waals surface area contributed by atoms with Crippen LogP contribution in [0.2, 0.25) is 0 Å². The van der Waals surface area contributed by atoms with Gasteiger partial charge in [0.1, 0.15) is 0 Å². The lowest BCUT2D eigenvalue weighted by Crippen LogP contribution is -2.39. The number of nitrogens with one attached hydrogen (secondary N) is 1. The average molecular weight is 195 g/mol. The van der Waals surface area contributed by atoms with Crippen molar-refractivity contribution in [2.24, 2.45) is 5.92 Å². The molecule has 0 heterocycles. The number of hydrogen-bond acceptors (Lipinski definition) is 1. The highest BCUT2D eigenvalue weighted by atomic mass is 16.1. The largest absolute Gasteiger partial charge is 0.348 e. The molecule has 2 nitrogen and oxygen atoms in total. The molecule has 0 atom stereocenters. The first-order valence-corrected chi connectivity index (χ1v) is 4.91. The molecular formula is C12H21NO. The van der Waals surface area contributed by atoms with Crippen LogP contribution in [0.15, 0.2) is 24.3 Å². The maximum absolute atomic E-state index is 11.3. The summed E-state index contributed by atoms with van der Waals surface area (Å²) in [6.45, 7) is 13.8. The number of carbonyl (C=O) groups is 1. The van der Waals surface area contributed by atoms with Crippen molar-refractivity contribution in [2.75, 3.05) is 0 Å². The van der Waals surface area contributed by atoms with Gasteiger partial charge in [-0.2, -0.15) is 0 Å². The van der Waals surface area contributed by atoms with Crippen molar-refractivity contribution in [3.05, 3.63) is 24.3 Å². The molecule has 0 aromatic rings. The van der Waals surface area contributed by atoms with Gasteiger partial charge in [0, 0.05) is 11.6 Å². The molecule has 0 saturated heterocycles. The van der Waals surface area contributed by atoms with Gasteiger partial charge in [0.2, 0.25) is 5.91 Å². The Kier molecular flexibility index (Phi) is 4.61. The molecule has 0 aliphatic rings. The van der Waals surface area contributed by atoms with Gasteiger partial charge in [-0.3, -0.25) is 4.79 Å². The number of hydrogen-bond donors (Lipinski definition) is 1. The van der Waals surface area contributed by atoms with Gasteiger partial charge >= 0.3 is 0 Å². The van der Waals surface area contributed by atoms with Gasteiger partial charge in [0.05, 0.1) is 0 Å². The van der Waals surface area contributed by atoms with Crippen molar-refractivity contribution in [2.45, 2.75) is 40.2 Å². The molecule has 0 aromatic heterocycles. The summed E-state index contributed by atoms with van der Waals surface area (Å²) in [5.41, 5.74) is 0.787. The van der Waals surface area contributed by atoms with E-state index in [0.29, 0.717) is 5.92 Å². The Bertz CT molecular complexity index is 244. The van der Waals surface area contributed by atoms with Crippen molar-refractivity contribution in [1.29, 1.82) is 0 Å². The minimum absolute atomic E-state index is 0.0701. The zero-order valence-corrected chi connectivity index (χ0v) is 9.85. The van der Waals surface area contributed by atoms with E-state index in [-0.39, 0.29) is 11.4 Å². The number of carbonyl (C=O) groups excluding carboxylic acids is 1. The SMILES string of the molecule is C=C(/C=C/C(=O)NC(C)(C)C)C(C)C. The van der Waals surface area contributed by atoms with Gasteiger partial charge in [-0.25, -0.2) is 0 Å². The normalized spacial score (nSPS) is 12.1. The first kappa shape index (κ1) is 12.9. The first-order valence-electron chi connectivity index (χ1n) is 4.91. The molecule has 2 heteroatoms. The van der Waals surface area contributed by atoms with E-state index in [4.69, 9.17) is 0 Å². The molecule has 0 unspecified atom stereocenters. The summed E-state index contributed by atoms with van der Waals surface area (Å²) in [5.74, 6) is 0.313. The molecule has 0 aliphatic heterocycles. The third-order valence-electron chi connectivity index (χ3n) is 1.69. The van der Waals surface area contributed by atoms with Gasteiger partial charge in [-0.05, 0) is 26.7 Å². The molecule has 1 N–H and O–H groups in total. The number of amides is 1. The summed E-state index contributed by atoms with van der Waals surface area (Å²) < 4.78 is 0. The second-order valence-corrected chi connectivity index (χ2v) is 4.80. The molecule has 0 aliphatic carbocycles. The molecule has 14 heavy (non-hydrogen) atoms. The minimum Gasteiger partial charge on any atom is -0.348 e. The smallest absolute Gasteiger partial charge is 0.244 e. The summed E-state index contributed by atoms with van der Waals surface area (Å²) in [5, 5.41) is 2.85. The summed E-state index contributed by atoms with van der Waals surface area (Å²) >= 11 is 0. The van der Waals surface area contributed by atoms with Crippen molar-refractivity contribution in [1.82, 2.24) is 5.32 Å². The molecular weight excluding hydrogens is 174 g/mol. The van der Waals surface area contributed by atoms with Crippen molar-refractivity contribution in [3.8, 4) is 0 Å². The van der Waals surface area contributed by atoms with E-state index in [1.165, 1.54) is 6.08 Å². The van der Waals surface area contributed by atoms with Crippen LogP contribution in [-0.4, -0.2) is 11.4 Å². The van der Waals surface area contributed by atoms with Crippen LogP contribution in [0, 0.1) is 5.92 Å². The highest BCUT2D eigenvalue weighted by Crippen LogP contribution is 2.07. The van der Waals surface area contributed by atoms with E-state index in [0.717, 1.165) is 5.57 Å². The topological polar surface area (TPSA) is 29.1 Å². The van der Waals surface area contributed by atoms with Crippen molar-refractivity contribution in [3.63, 3.8) is 0 Å². The number of rotatable bonds is 3. The van der Waals surface area contributed by atoms with Crippen LogP contribution in [0.3, 0.4) is 0 Å². The lowest BCUT2D eigenvalue weighted by atomic mass is 10.0. The minimum atomic E-state index is -0.180. The van der Waals surface area contributed by atoms with Crippen LogP contribution in [0.25, 0.3) is 0 Å². The Morgan fingerprint density at radius 1 is 1.29 bits per heavy atom. The highest BCUT2D eigenvalue weighted by molar-refractivity contribution is 5.88. The fourth-order valence-electron chi connectivity index (χ4n) is 0.786. The summed E-state index contributed by atoms with van der Waals surface area (Å²) in [6, 6.07) is 0. The van der Waals surface area contributed by atoms with Gasteiger partial charge in [-0.15, -0.1) is 0 Å². The van der Waals surface area contributed by atoms with Gasteiger partial charge in [-0.1, -0.05) is 32.1 Å². The molecule has 0 fully saturated rings. The summed E-state index contributed by atoms with van der Waals surface area (Å²) in [7, 11) is 0. The number of allylic oxidation sites excluding steroid dienone is 2. The molecule has 0 saturated carbocycles. The Morgan fingerprint density at radius 3 is 2.14 bits per heavy atom. The van der Waals surface area contributed by atoms with E-state index in [2.05, 4.69) is 11.9 Å². The molecule has 0 bridgehead atoms. The second-order valence-electron chi connectivity index (χ2n) is 4.80. The Labute approximate surface area is 87.1 Å². The van der Waals surface area contributed by atoms with Crippen LogP contribution in [-0.2, 0) is 4.79 Å². The zero-order chi connectivity index (χ0) is 11.4. The standard InChI is InChI=1S/C12H21NO/c1-9(2)10(3)7-8-11(14)13-12(4,5)6/h7-9H,3H2,1-2,4-6H3,(H,13,14)/b8-7+. The third-order valence-corrected chi connectivity index (χ3v) is 1.69. The van der Waals surface area contributed by atoms with E-state index in [1.807, 2.05) is 34.6 Å². The Morgan fingerprint density at radius 2 is 1.79 bits per heavy atom. The lowest BCUT2D eigenvalue weighted by Gasteiger charge is -2.19. The molecule has 0 aromatic carbocycles. The van der Waals surface area contributed by atoms with Crippen molar-refractivity contribution >= 4 is 5.91 Å². The van der Waals surface area contributed by atoms with Crippen molar-refractivity contribution < 1.29 is 4.79 Å². The highest BCUT2D eigenvalue weighted by Gasteiger charge is 2.11. The van der Waals surface area contributed by atoms with E-state index in [1.54, 1.807) is 6.08 Å². The predicted octanol–water partition coefficient (Wildman–Crippen LogP) is 2.67. The molecule has 0 rings (SSSR count). The third kappa shape index (κ3) is 6.46. The molecule has 1 amide bonds. The lowest BCUT2D eigenvalue weighted by molar-refractivity contribution is -0.117. The zero-order valence-electron chi connectivity index (χ0n) is 9.85.